The lowest BCUT2D eigenvalue weighted by atomic mass is 10.0. The molecular weight excluding hydrogens is 601 g/mol. The molecule has 1 unspecified atom stereocenters. The van der Waals surface area contributed by atoms with Crippen molar-refractivity contribution in [2.75, 3.05) is 31.6 Å². The number of anilines is 1. The number of carbonyl (C=O) groups excluding carboxylic acids is 1. The van der Waals surface area contributed by atoms with E-state index in [-0.39, 0.29) is 39.1 Å². The van der Waals surface area contributed by atoms with Gasteiger partial charge in [0.25, 0.3) is 0 Å². The van der Waals surface area contributed by atoms with Gasteiger partial charge < -0.3 is 24.8 Å². The summed E-state index contributed by atoms with van der Waals surface area (Å²) in [5.74, 6) is -12.2. The van der Waals surface area contributed by atoms with Crippen LogP contribution in [0.25, 0.3) is 0 Å². The first kappa shape index (κ1) is 34.9. The summed E-state index contributed by atoms with van der Waals surface area (Å²) in [7, 11) is 0. The van der Waals surface area contributed by atoms with Crippen LogP contribution in [0.2, 0.25) is 5.02 Å². The molecule has 2 rings (SSSR count). The zero-order valence-corrected chi connectivity index (χ0v) is 23.2. The molecule has 2 aromatic carbocycles. The second kappa shape index (κ2) is 15.3. The van der Waals surface area contributed by atoms with Crippen LogP contribution in [0.1, 0.15) is 31.7 Å². The molecule has 0 saturated heterocycles. The number of halogens is 8. The van der Waals surface area contributed by atoms with Crippen LogP contribution in [0, 0.1) is 0 Å². The number of urea groups is 1. The predicted molar refractivity (Wildman–Crippen MR) is 141 cm³/mol. The SMILES string of the molecule is CCOC(Cc1ccc(OCCN(CCCCC(F)(F)C(F)(F)C(F)(F)F)C(=O)Nc2ccc(Cl)cc2)cc1)C(=O)O. The van der Waals surface area contributed by atoms with Gasteiger partial charge >= 0.3 is 30.0 Å². The maximum atomic E-state index is 13.6. The highest BCUT2D eigenvalue weighted by Gasteiger charge is 2.72. The minimum atomic E-state index is -6.40. The third-order valence-electron chi connectivity index (χ3n) is 5.98. The number of hydrogen-bond acceptors (Lipinski definition) is 4. The van der Waals surface area contributed by atoms with Crippen molar-refractivity contribution in [2.45, 2.75) is 56.7 Å². The number of alkyl halides is 7. The highest BCUT2D eigenvalue weighted by molar-refractivity contribution is 6.30. The number of aliphatic carboxylic acids is 1. The van der Waals surface area contributed by atoms with Gasteiger partial charge in [-0.2, -0.15) is 30.7 Å². The van der Waals surface area contributed by atoms with Crippen LogP contribution in [0.15, 0.2) is 48.5 Å². The van der Waals surface area contributed by atoms with E-state index in [0.717, 1.165) is 4.90 Å². The van der Waals surface area contributed by atoms with Crippen LogP contribution in [-0.4, -0.2) is 72.4 Å². The van der Waals surface area contributed by atoms with E-state index in [1.165, 1.54) is 24.3 Å². The van der Waals surface area contributed by atoms with Crippen molar-refractivity contribution in [3.63, 3.8) is 0 Å². The first-order valence-corrected chi connectivity index (χ1v) is 13.1. The zero-order valence-electron chi connectivity index (χ0n) is 22.4. The number of carbonyl (C=O) groups is 2. The van der Waals surface area contributed by atoms with E-state index in [0.29, 0.717) is 22.0 Å². The number of unbranched alkanes of at least 4 members (excludes halogenated alkanes) is 1. The molecule has 15 heteroatoms. The second-order valence-electron chi connectivity index (χ2n) is 9.14. The van der Waals surface area contributed by atoms with Gasteiger partial charge in [-0.25, -0.2) is 9.59 Å². The average Bonchev–Trinajstić information content (AvgIpc) is 2.91. The molecule has 0 aliphatic carbocycles. The molecule has 42 heavy (non-hydrogen) atoms. The molecule has 234 valence electrons. The molecule has 1 atom stereocenters. The molecule has 0 fully saturated rings. The van der Waals surface area contributed by atoms with Crippen LogP contribution >= 0.6 is 11.6 Å². The van der Waals surface area contributed by atoms with Crippen molar-refractivity contribution in [1.82, 2.24) is 4.90 Å². The third kappa shape index (κ3) is 10.2. The molecule has 0 aliphatic rings. The van der Waals surface area contributed by atoms with E-state index in [4.69, 9.17) is 21.1 Å². The average molecular weight is 631 g/mol. The summed E-state index contributed by atoms with van der Waals surface area (Å²) in [5, 5.41) is 12.2. The fourth-order valence-corrected chi connectivity index (χ4v) is 3.82. The summed E-state index contributed by atoms with van der Waals surface area (Å²) >= 11 is 5.82. The molecular formula is C27H30ClF7N2O5. The van der Waals surface area contributed by atoms with Gasteiger partial charge in [0.2, 0.25) is 0 Å². The van der Waals surface area contributed by atoms with E-state index in [1.54, 1.807) is 31.2 Å². The number of rotatable bonds is 16. The van der Waals surface area contributed by atoms with E-state index in [1.807, 2.05) is 0 Å². The van der Waals surface area contributed by atoms with Gasteiger partial charge in [-0.3, -0.25) is 0 Å². The lowest BCUT2D eigenvalue weighted by molar-refractivity contribution is -0.355. The molecule has 0 radical (unpaired) electrons. The number of benzene rings is 2. The molecule has 0 saturated carbocycles. The highest BCUT2D eigenvalue weighted by atomic mass is 35.5. The largest absolute Gasteiger partial charge is 0.492 e. The molecule has 2 aromatic rings. The molecule has 0 aliphatic heterocycles. The summed E-state index contributed by atoms with van der Waals surface area (Å²) in [6, 6.07) is 11.7. The lowest BCUT2D eigenvalue weighted by Crippen LogP contribution is -2.51. The smallest absolute Gasteiger partial charge is 0.459 e. The summed E-state index contributed by atoms with van der Waals surface area (Å²) in [6.07, 6.45) is -10.1. The van der Waals surface area contributed by atoms with Gasteiger partial charge in [0.1, 0.15) is 12.4 Å². The van der Waals surface area contributed by atoms with Crippen molar-refractivity contribution in [3.8, 4) is 5.75 Å². The Morgan fingerprint density at radius 2 is 1.57 bits per heavy atom. The Balaban J connectivity index is 1.99. The normalized spacial score (nSPS) is 13.0. The van der Waals surface area contributed by atoms with Crippen LogP contribution in [0.5, 0.6) is 5.75 Å². The van der Waals surface area contributed by atoms with Crippen molar-refractivity contribution in [2.24, 2.45) is 0 Å². The fourth-order valence-electron chi connectivity index (χ4n) is 3.69. The number of nitrogens with zero attached hydrogens (tertiary/aromatic N) is 1. The summed E-state index contributed by atoms with van der Waals surface area (Å²) in [5.41, 5.74) is 1.01. The van der Waals surface area contributed by atoms with E-state index in [2.05, 4.69) is 5.32 Å². The molecule has 7 nitrogen and oxygen atoms in total. The number of carboxylic acids is 1. The number of amides is 2. The van der Waals surface area contributed by atoms with Crippen molar-refractivity contribution in [1.29, 1.82) is 0 Å². The molecule has 0 bridgehead atoms. The van der Waals surface area contributed by atoms with Crippen LogP contribution in [0.4, 0.5) is 41.2 Å². The zero-order chi connectivity index (χ0) is 31.6. The quantitative estimate of drug-likeness (QED) is 0.150. The van der Waals surface area contributed by atoms with Gasteiger partial charge in [-0.1, -0.05) is 23.7 Å². The topological polar surface area (TPSA) is 88.1 Å². The van der Waals surface area contributed by atoms with Crippen molar-refractivity contribution in [3.05, 3.63) is 59.1 Å². The first-order valence-electron chi connectivity index (χ1n) is 12.8. The van der Waals surface area contributed by atoms with Crippen LogP contribution in [0.3, 0.4) is 0 Å². The Morgan fingerprint density at radius 1 is 0.952 bits per heavy atom. The maximum Gasteiger partial charge on any atom is 0.459 e. The van der Waals surface area contributed by atoms with E-state index >= 15 is 0 Å². The molecule has 0 spiro atoms. The summed E-state index contributed by atoms with van der Waals surface area (Å²) in [4.78, 5) is 25.2. The molecule has 0 aromatic heterocycles. The summed E-state index contributed by atoms with van der Waals surface area (Å²) in [6.45, 7) is 1.47. The van der Waals surface area contributed by atoms with Crippen molar-refractivity contribution >= 4 is 29.3 Å². The monoisotopic (exact) mass is 630 g/mol. The Labute approximate surface area is 242 Å². The number of carboxylic acid groups (broad SMARTS) is 1. The number of ether oxygens (including phenoxy) is 2. The van der Waals surface area contributed by atoms with Crippen LogP contribution < -0.4 is 10.1 Å². The lowest BCUT2D eigenvalue weighted by Gasteiger charge is -2.28. The van der Waals surface area contributed by atoms with Gasteiger partial charge in [-0.05, 0) is 61.7 Å². The van der Waals surface area contributed by atoms with E-state index < -0.39 is 49.0 Å². The van der Waals surface area contributed by atoms with Crippen LogP contribution in [-0.2, 0) is 16.0 Å². The third-order valence-corrected chi connectivity index (χ3v) is 6.24. The standard InChI is InChI=1S/C27H30ClF7N2O5/c1-2-41-22(23(38)39)17-18-5-11-21(12-6-18)42-16-15-37(24(40)36-20-9-7-19(28)8-10-20)14-4-3-13-25(29,30)26(31,32)27(33,34)35/h5-12,22H,2-4,13-17H2,1H3,(H,36,40)(H,38,39). The molecule has 2 amide bonds. The van der Waals surface area contributed by atoms with E-state index in [9.17, 15) is 45.4 Å². The highest BCUT2D eigenvalue weighted by Crippen LogP contribution is 2.48. The number of nitrogens with one attached hydrogen (secondary N) is 1. The Kier molecular flexibility index (Phi) is 12.7. The van der Waals surface area contributed by atoms with Gasteiger partial charge in [0.05, 0.1) is 6.54 Å². The molecule has 2 N–H and O–H groups in total. The van der Waals surface area contributed by atoms with Gasteiger partial charge in [-0.15, -0.1) is 0 Å². The minimum absolute atomic E-state index is 0.0909. The van der Waals surface area contributed by atoms with Gasteiger partial charge in [0.15, 0.2) is 6.10 Å². The Morgan fingerprint density at radius 3 is 2.12 bits per heavy atom. The maximum absolute atomic E-state index is 13.6. The fraction of sp³-hybridized carbons (Fsp3) is 0.481. The predicted octanol–water partition coefficient (Wildman–Crippen LogP) is 7.29. The minimum Gasteiger partial charge on any atom is -0.492 e. The second-order valence-corrected chi connectivity index (χ2v) is 9.57. The Hall–Kier alpha value is -3.26. The Bertz CT molecular complexity index is 1150. The van der Waals surface area contributed by atoms with Gasteiger partial charge in [0, 0.05) is 36.7 Å². The molecule has 0 heterocycles. The number of hydrogen-bond donors (Lipinski definition) is 2. The first-order chi connectivity index (χ1) is 19.6. The summed E-state index contributed by atoms with van der Waals surface area (Å²) < 4.78 is 102. The van der Waals surface area contributed by atoms with Crippen molar-refractivity contribution < 1.29 is 54.9 Å².